The van der Waals surface area contributed by atoms with Crippen molar-refractivity contribution in [2.75, 3.05) is 19.6 Å². The third-order valence-corrected chi connectivity index (χ3v) is 3.83. The Morgan fingerprint density at radius 2 is 2.11 bits per heavy atom. The van der Waals surface area contributed by atoms with E-state index in [-0.39, 0.29) is 17.3 Å². The Balaban J connectivity index is 2.23. The number of carboxylic acid groups (broad SMARTS) is 1. The average molecular weight is 252 g/mol. The summed E-state index contributed by atoms with van der Waals surface area (Å²) in [5, 5.41) is 18.0. The van der Waals surface area contributed by atoms with Crippen LogP contribution >= 0.6 is 0 Å². The van der Waals surface area contributed by atoms with E-state index in [1.165, 1.54) is 0 Å². The van der Waals surface area contributed by atoms with E-state index < -0.39 is 5.97 Å². The number of hydrogen-bond donors (Lipinski definition) is 1. The van der Waals surface area contributed by atoms with Crippen molar-refractivity contribution in [2.24, 2.45) is 17.3 Å². The van der Waals surface area contributed by atoms with Gasteiger partial charge in [-0.05, 0) is 39.2 Å². The van der Waals surface area contributed by atoms with Crippen LogP contribution < -0.4 is 0 Å². The zero-order valence-electron chi connectivity index (χ0n) is 11.6. The predicted molar refractivity (Wildman–Crippen MR) is 70.0 cm³/mol. The molecule has 1 N–H and O–H groups in total. The zero-order valence-corrected chi connectivity index (χ0v) is 11.6. The maximum atomic E-state index is 11.0. The summed E-state index contributed by atoms with van der Waals surface area (Å²) in [6.45, 7) is 8.46. The Hall–Kier alpha value is -1.08. The van der Waals surface area contributed by atoms with E-state index in [0.717, 1.165) is 32.4 Å². The standard InChI is InChI=1S/C14H24N2O2/c1-11-8-16(9-12(11)13(17)18)7-5-4-6-14(2,3)10-15/h11-12H,4-9H2,1-3H3,(H,17,18)/t11-,12-/m1/s1. The van der Waals surface area contributed by atoms with Gasteiger partial charge in [-0.25, -0.2) is 0 Å². The Bertz CT molecular complexity index is 333. The van der Waals surface area contributed by atoms with Gasteiger partial charge in [-0.15, -0.1) is 0 Å². The molecule has 1 saturated heterocycles. The van der Waals surface area contributed by atoms with Crippen molar-refractivity contribution < 1.29 is 9.90 Å². The molecule has 1 heterocycles. The quantitative estimate of drug-likeness (QED) is 0.737. The number of carboxylic acids is 1. The van der Waals surface area contributed by atoms with E-state index in [1.54, 1.807) is 0 Å². The second kappa shape index (κ2) is 6.19. The highest BCUT2D eigenvalue weighted by atomic mass is 16.4. The molecule has 18 heavy (non-hydrogen) atoms. The summed E-state index contributed by atoms with van der Waals surface area (Å²) in [5.74, 6) is -0.630. The Morgan fingerprint density at radius 3 is 2.61 bits per heavy atom. The van der Waals surface area contributed by atoms with Crippen molar-refractivity contribution in [2.45, 2.75) is 40.0 Å². The lowest BCUT2D eigenvalue weighted by Gasteiger charge is -2.17. The van der Waals surface area contributed by atoms with Gasteiger partial charge < -0.3 is 10.0 Å². The predicted octanol–water partition coefficient (Wildman–Crippen LogP) is 2.36. The van der Waals surface area contributed by atoms with E-state index in [1.807, 2.05) is 20.8 Å². The molecule has 1 fully saturated rings. The van der Waals surface area contributed by atoms with Gasteiger partial charge in [0.05, 0.1) is 17.4 Å². The van der Waals surface area contributed by atoms with Crippen molar-refractivity contribution in [3.05, 3.63) is 0 Å². The number of aliphatic carboxylic acids is 1. The number of nitriles is 1. The maximum absolute atomic E-state index is 11.0. The van der Waals surface area contributed by atoms with Gasteiger partial charge in [0, 0.05) is 13.1 Å². The highest BCUT2D eigenvalue weighted by Gasteiger charge is 2.34. The van der Waals surface area contributed by atoms with Gasteiger partial charge in [-0.3, -0.25) is 4.79 Å². The first-order valence-corrected chi connectivity index (χ1v) is 6.72. The van der Waals surface area contributed by atoms with E-state index in [0.29, 0.717) is 6.54 Å². The van der Waals surface area contributed by atoms with Crippen LogP contribution in [-0.4, -0.2) is 35.6 Å². The van der Waals surface area contributed by atoms with Crippen molar-refractivity contribution in [1.29, 1.82) is 5.26 Å². The summed E-state index contributed by atoms with van der Waals surface area (Å²) >= 11 is 0. The smallest absolute Gasteiger partial charge is 0.308 e. The minimum Gasteiger partial charge on any atom is -0.481 e. The molecule has 0 unspecified atom stereocenters. The Kier molecular flexibility index (Phi) is 5.15. The molecular formula is C14H24N2O2. The summed E-state index contributed by atoms with van der Waals surface area (Å²) < 4.78 is 0. The Morgan fingerprint density at radius 1 is 1.44 bits per heavy atom. The van der Waals surface area contributed by atoms with Crippen LogP contribution in [-0.2, 0) is 4.79 Å². The summed E-state index contributed by atoms with van der Waals surface area (Å²) in [6, 6.07) is 2.31. The number of unbranched alkanes of at least 4 members (excludes halogenated alkanes) is 1. The number of hydrogen-bond acceptors (Lipinski definition) is 3. The molecule has 1 rings (SSSR count). The summed E-state index contributed by atoms with van der Waals surface area (Å²) in [7, 11) is 0. The summed E-state index contributed by atoms with van der Waals surface area (Å²) in [4.78, 5) is 13.2. The van der Waals surface area contributed by atoms with Crippen LogP contribution in [0.1, 0.15) is 40.0 Å². The lowest BCUT2D eigenvalue weighted by molar-refractivity contribution is -0.142. The zero-order chi connectivity index (χ0) is 13.8. The normalized spacial score (nSPS) is 25.0. The largest absolute Gasteiger partial charge is 0.481 e. The molecule has 1 aliphatic heterocycles. The van der Waals surface area contributed by atoms with Crippen molar-refractivity contribution >= 4 is 5.97 Å². The molecule has 2 atom stereocenters. The highest BCUT2D eigenvalue weighted by Crippen LogP contribution is 2.25. The molecule has 0 amide bonds. The third kappa shape index (κ3) is 4.30. The number of likely N-dealkylation sites (tertiary alicyclic amines) is 1. The van der Waals surface area contributed by atoms with Gasteiger partial charge in [-0.1, -0.05) is 13.3 Å². The highest BCUT2D eigenvalue weighted by molar-refractivity contribution is 5.71. The fourth-order valence-electron chi connectivity index (χ4n) is 2.53. The fraction of sp³-hybridized carbons (Fsp3) is 0.857. The molecule has 0 aromatic rings. The topological polar surface area (TPSA) is 64.3 Å². The van der Waals surface area contributed by atoms with Crippen LogP contribution in [0, 0.1) is 28.6 Å². The third-order valence-electron chi connectivity index (χ3n) is 3.83. The molecule has 1 aliphatic rings. The van der Waals surface area contributed by atoms with E-state index in [4.69, 9.17) is 10.4 Å². The van der Waals surface area contributed by atoms with Crippen LogP contribution in [0.2, 0.25) is 0 Å². The molecule has 0 aromatic heterocycles. The average Bonchev–Trinajstić information content (AvgIpc) is 2.66. The lowest BCUT2D eigenvalue weighted by atomic mass is 9.89. The second-order valence-corrected chi connectivity index (χ2v) is 6.13. The number of nitrogens with zero attached hydrogens (tertiary/aromatic N) is 2. The molecular weight excluding hydrogens is 228 g/mol. The number of rotatable bonds is 6. The van der Waals surface area contributed by atoms with Crippen molar-refractivity contribution in [3.8, 4) is 6.07 Å². The summed E-state index contributed by atoms with van der Waals surface area (Å²) in [5.41, 5.74) is -0.234. The molecule has 0 aromatic carbocycles. The molecule has 0 bridgehead atoms. The summed E-state index contributed by atoms with van der Waals surface area (Å²) in [6.07, 6.45) is 2.99. The van der Waals surface area contributed by atoms with Crippen molar-refractivity contribution in [3.63, 3.8) is 0 Å². The van der Waals surface area contributed by atoms with E-state index in [2.05, 4.69) is 11.0 Å². The molecule has 0 aliphatic carbocycles. The fourth-order valence-corrected chi connectivity index (χ4v) is 2.53. The van der Waals surface area contributed by atoms with Gasteiger partial charge in [0.2, 0.25) is 0 Å². The van der Waals surface area contributed by atoms with Crippen LogP contribution in [0.15, 0.2) is 0 Å². The number of carbonyl (C=O) groups is 1. The molecule has 102 valence electrons. The van der Waals surface area contributed by atoms with Crippen LogP contribution in [0.3, 0.4) is 0 Å². The maximum Gasteiger partial charge on any atom is 0.308 e. The first-order chi connectivity index (χ1) is 8.35. The SMILES string of the molecule is C[C@@H]1CN(CCCCC(C)(C)C#N)C[C@H]1C(=O)O. The molecule has 4 heteroatoms. The van der Waals surface area contributed by atoms with Crippen molar-refractivity contribution in [1.82, 2.24) is 4.90 Å². The minimum atomic E-state index is -0.671. The first kappa shape index (κ1) is 15.0. The van der Waals surface area contributed by atoms with Crippen LogP contribution in [0.5, 0.6) is 0 Å². The van der Waals surface area contributed by atoms with Gasteiger partial charge in [0.1, 0.15) is 0 Å². The first-order valence-electron chi connectivity index (χ1n) is 6.72. The molecule has 0 saturated carbocycles. The monoisotopic (exact) mass is 252 g/mol. The van der Waals surface area contributed by atoms with Gasteiger partial charge in [0.15, 0.2) is 0 Å². The van der Waals surface area contributed by atoms with Gasteiger partial charge >= 0.3 is 5.97 Å². The van der Waals surface area contributed by atoms with E-state index >= 15 is 0 Å². The lowest BCUT2D eigenvalue weighted by Crippen LogP contribution is -2.24. The van der Waals surface area contributed by atoms with Gasteiger partial charge in [-0.2, -0.15) is 5.26 Å². The second-order valence-electron chi connectivity index (χ2n) is 6.13. The van der Waals surface area contributed by atoms with Gasteiger partial charge in [0.25, 0.3) is 0 Å². The molecule has 0 radical (unpaired) electrons. The Labute approximate surface area is 110 Å². The van der Waals surface area contributed by atoms with Crippen LogP contribution in [0.25, 0.3) is 0 Å². The minimum absolute atomic E-state index is 0.208. The molecule has 0 spiro atoms. The van der Waals surface area contributed by atoms with E-state index in [9.17, 15) is 4.79 Å². The molecule has 4 nitrogen and oxygen atoms in total. The van der Waals surface area contributed by atoms with Crippen LogP contribution in [0.4, 0.5) is 0 Å².